The Bertz CT molecular complexity index is 888. The van der Waals surface area contributed by atoms with E-state index < -0.39 is 0 Å². The number of ether oxygens (including phenoxy) is 1. The molecule has 0 bridgehead atoms. The molecular formula is C19H16FN3O2. The van der Waals surface area contributed by atoms with E-state index >= 15 is 0 Å². The molecule has 2 N–H and O–H groups in total. The molecule has 4 rings (SSSR count). The summed E-state index contributed by atoms with van der Waals surface area (Å²) in [7, 11) is 0. The molecule has 6 heteroatoms. The number of hydrogen-bond donors (Lipinski definition) is 2. The lowest BCUT2D eigenvalue weighted by atomic mass is 9.87. The topological polar surface area (TPSA) is 67.0 Å². The molecule has 3 aromatic rings. The molecule has 2 heterocycles. The number of aromatic nitrogens is 2. The van der Waals surface area contributed by atoms with Crippen molar-refractivity contribution in [3.8, 4) is 5.75 Å². The summed E-state index contributed by atoms with van der Waals surface area (Å²) in [5.74, 6) is 1.08. The first kappa shape index (κ1) is 15.4. The summed E-state index contributed by atoms with van der Waals surface area (Å²) in [5, 5.41) is 9.60. The average molecular weight is 337 g/mol. The highest BCUT2D eigenvalue weighted by atomic mass is 19.1. The van der Waals surface area contributed by atoms with Crippen LogP contribution in [0.2, 0.25) is 0 Å². The van der Waals surface area contributed by atoms with E-state index in [9.17, 15) is 9.18 Å². The highest BCUT2D eigenvalue weighted by Crippen LogP contribution is 2.36. The average Bonchev–Trinajstić information content (AvgIpc) is 3.09. The third-order valence-corrected chi connectivity index (χ3v) is 4.30. The van der Waals surface area contributed by atoms with Gasteiger partial charge in [-0.15, -0.1) is 0 Å². The highest BCUT2D eigenvalue weighted by molar-refractivity contribution is 5.94. The predicted octanol–water partition coefficient (Wildman–Crippen LogP) is 3.60. The number of halogens is 1. The van der Waals surface area contributed by atoms with Crippen LogP contribution in [0.3, 0.4) is 0 Å². The standard InChI is InChI=1S/C19H16FN3O2/c20-14-5-1-12(2-6-14)11-25-15-7-3-13(4-8-15)16-9-18(24)22-19-17(16)10-21-23-19/h1-8,10,16H,9,11H2,(H2,21,22,23,24)/t16-/m1/s1. The molecule has 0 saturated heterocycles. The fraction of sp³-hybridized carbons (Fsp3) is 0.158. The van der Waals surface area contributed by atoms with E-state index in [-0.39, 0.29) is 17.6 Å². The fourth-order valence-electron chi connectivity index (χ4n) is 2.99. The molecule has 1 atom stereocenters. The van der Waals surface area contributed by atoms with Crippen LogP contribution in [-0.2, 0) is 11.4 Å². The van der Waals surface area contributed by atoms with Crippen molar-refractivity contribution in [2.45, 2.75) is 18.9 Å². The summed E-state index contributed by atoms with van der Waals surface area (Å²) in [6.45, 7) is 0.372. The molecule has 2 aromatic carbocycles. The number of nitrogens with zero attached hydrogens (tertiary/aromatic N) is 1. The third kappa shape index (κ3) is 3.24. The third-order valence-electron chi connectivity index (χ3n) is 4.30. The Balaban J connectivity index is 1.47. The van der Waals surface area contributed by atoms with E-state index in [1.807, 2.05) is 24.3 Å². The quantitative estimate of drug-likeness (QED) is 0.764. The Morgan fingerprint density at radius 1 is 1.12 bits per heavy atom. The summed E-state index contributed by atoms with van der Waals surface area (Å²) >= 11 is 0. The Labute approximate surface area is 143 Å². The number of amides is 1. The largest absolute Gasteiger partial charge is 0.489 e. The van der Waals surface area contributed by atoms with Gasteiger partial charge in [0, 0.05) is 17.9 Å². The molecule has 0 aliphatic carbocycles. The maximum Gasteiger partial charge on any atom is 0.226 e. The van der Waals surface area contributed by atoms with Crippen molar-refractivity contribution in [3.63, 3.8) is 0 Å². The number of nitrogens with one attached hydrogen (secondary N) is 2. The molecular weight excluding hydrogens is 321 g/mol. The fourth-order valence-corrected chi connectivity index (χ4v) is 2.99. The van der Waals surface area contributed by atoms with Crippen LogP contribution in [-0.4, -0.2) is 16.1 Å². The van der Waals surface area contributed by atoms with Crippen LogP contribution in [0.5, 0.6) is 5.75 Å². The van der Waals surface area contributed by atoms with Crippen LogP contribution < -0.4 is 10.1 Å². The number of fused-ring (bicyclic) bond motifs is 1. The van der Waals surface area contributed by atoms with Crippen molar-refractivity contribution < 1.29 is 13.9 Å². The minimum absolute atomic E-state index is 0.0198. The number of anilines is 1. The van der Waals surface area contributed by atoms with Gasteiger partial charge in [0.2, 0.25) is 5.91 Å². The van der Waals surface area contributed by atoms with Crippen LogP contribution in [0.4, 0.5) is 10.2 Å². The van der Waals surface area contributed by atoms with Gasteiger partial charge in [-0.3, -0.25) is 9.89 Å². The van der Waals surface area contributed by atoms with Crippen molar-refractivity contribution in [1.82, 2.24) is 10.2 Å². The van der Waals surface area contributed by atoms with Crippen LogP contribution in [0.1, 0.15) is 29.0 Å². The van der Waals surface area contributed by atoms with Crippen molar-refractivity contribution in [3.05, 3.63) is 77.2 Å². The summed E-state index contributed by atoms with van der Waals surface area (Å²) in [6, 6.07) is 13.9. The molecule has 0 unspecified atom stereocenters. The van der Waals surface area contributed by atoms with Gasteiger partial charge in [0.25, 0.3) is 0 Å². The van der Waals surface area contributed by atoms with Crippen LogP contribution in [0.15, 0.2) is 54.7 Å². The van der Waals surface area contributed by atoms with E-state index in [0.717, 1.165) is 22.4 Å². The number of H-pyrrole nitrogens is 1. The number of benzene rings is 2. The van der Waals surface area contributed by atoms with Gasteiger partial charge < -0.3 is 10.1 Å². The number of rotatable bonds is 4. The van der Waals surface area contributed by atoms with Gasteiger partial charge in [-0.1, -0.05) is 24.3 Å². The minimum Gasteiger partial charge on any atom is -0.489 e. The lowest BCUT2D eigenvalue weighted by molar-refractivity contribution is -0.116. The highest BCUT2D eigenvalue weighted by Gasteiger charge is 2.27. The molecule has 0 radical (unpaired) electrons. The lowest BCUT2D eigenvalue weighted by Gasteiger charge is -2.22. The Kier molecular flexibility index (Phi) is 3.93. The Hall–Kier alpha value is -3.15. The molecule has 0 spiro atoms. The summed E-state index contributed by atoms with van der Waals surface area (Å²) in [4.78, 5) is 11.8. The molecule has 1 aliphatic rings. The second-order valence-electron chi connectivity index (χ2n) is 5.99. The van der Waals surface area contributed by atoms with Gasteiger partial charge in [0.05, 0.1) is 6.20 Å². The van der Waals surface area contributed by atoms with Gasteiger partial charge in [-0.05, 0) is 35.4 Å². The van der Waals surface area contributed by atoms with Gasteiger partial charge in [-0.25, -0.2) is 4.39 Å². The molecule has 25 heavy (non-hydrogen) atoms. The summed E-state index contributed by atoms with van der Waals surface area (Å²) in [6.07, 6.45) is 2.14. The monoisotopic (exact) mass is 337 g/mol. The Morgan fingerprint density at radius 3 is 2.64 bits per heavy atom. The maximum absolute atomic E-state index is 12.9. The smallest absolute Gasteiger partial charge is 0.226 e. The zero-order valence-corrected chi connectivity index (χ0v) is 13.3. The van der Waals surface area contributed by atoms with Gasteiger partial charge in [-0.2, -0.15) is 5.10 Å². The summed E-state index contributed by atoms with van der Waals surface area (Å²) < 4.78 is 18.6. The van der Waals surface area contributed by atoms with Crippen molar-refractivity contribution in [1.29, 1.82) is 0 Å². The number of carbonyl (C=O) groups excluding carboxylic acids is 1. The zero-order chi connectivity index (χ0) is 17.2. The van der Waals surface area contributed by atoms with E-state index in [4.69, 9.17) is 4.74 Å². The maximum atomic E-state index is 12.9. The van der Waals surface area contributed by atoms with E-state index in [1.165, 1.54) is 12.1 Å². The predicted molar refractivity (Wildman–Crippen MR) is 90.9 cm³/mol. The summed E-state index contributed by atoms with van der Waals surface area (Å²) in [5.41, 5.74) is 2.92. The van der Waals surface area contributed by atoms with E-state index in [0.29, 0.717) is 18.8 Å². The molecule has 1 aliphatic heterocycles. The van der Waals surface area contributed by atoms with Gasteiger partial charge in [0.15, 0.2) is 0 Å². The first-order chi connectivity index (χ1) is 12.2. The molecule has 0 saturated carbocycles. The van der Waals surface area contributed by atoms with Crippen LogP contribution in [0.25, 0.3) is 0 Å². The zero-order valence-electron chi connectivity index (χ0n) is 13.3. The van der Waals surface area contributed by atoms with Crippen molar-refractivity contribution >= 4 is 11.7 Å². The molecule has 0 fully saturated rings. The first-order valence-electron chi connectivity index (χ1n) is 7.99. The molecule has 5 nitrogen and oxygen atoms in total. The molecule has 1 aromatic heterocycles. The SMILES string of the molecule is O=C1C[C@H](c2ccc(OCc3ccc(F)cc3)cc2)c2cn[nH]c2N1. The molecule has 126 valence electrons. The van der Waals surface area contributed by atoms with E-state index in [2.05, 4.69) is 15.5 Å². The number of carbonyl (C=O) groups is 1. The van der Waals surface area contributed by atoms with Crippen molar-refractivity contribution in [2.75, 3.05) is 5.32 Å². The lowest BCUT2D eigenvalue weighted by Crippen LogP contribution is -2.22. The minimum atomic E-state index is -0.261. The van der Waals surface area contributed by atoms with Crippen LogP contribution >= 0.6 is 0 Å². The van der Waals surface area contributed by atoms with Gasteiger partial charge >= 0.3 is 0 Å². The number of aromatic amines is 1. The van der Waals surface area contributed by atoms with E-state index in [1.54, 1.807) is 18.3 Å². The van der Waals surface area contributed by atoms with Gasteiger partial charge in [0.1, 0.15) is 24.0 Å². The molecule has 1 amide bonds. The Morgan fingerprint density at radius 2 is 1.88 bits per heavy atom. The second-order valence-corrected chi connectivity index (χ2v) is 5.99. The number of hydrogen-bond acceptors (Lipinski definition) is 3. The normalized spacial score (nSPS) is 16.2. The van der Waals surface area contributed by atoms with Crippen molar-refractivity contribution in [2.24, 2.45) is 0 Å². The first-order valence-corrected chi connectivity index (χ1v) is 7.99. The van der Waals surface area contributed by atoms with Crippen LogP contribution in [0, 0.1) is 5.82 Å². The second kappa shape index (κ2) is 6.39.